The fourth-order valence-electron chi connectivity index (χ4n) is 2.57. The number of carbonyl (C=O) groups is 1. The van der Waals surface area contributed by atoms with E-state index in [9.17, 15) is 9.90 Å². The third kappa shape index (κ3) is 3.95. The summed E-state index contributed by atoms with van der Waals surface area (Å²) in [6.07, 6.45) is 2.29. The zero-order valence-electron chi connectivity index (χ0n) is 13.1. The van der Waals surface area contributed by atoms with Gasteiger partial charge in [-0.3, -0.25) is 9.79 Å². The fraction of sp³-hybridized carbons (Fsp3) is 0.412. The molecule has 0 saturated heterocycles. The normalized spacial score (nSPS) is 19.4. The van der Waals surface area contributed by atoms with E-state index in [1.807, 2.05) is 43.3 Å². The first kappa shape index (κ1) is 16.2. The van der Waals surface area contributed by atoms with Crippen LogP contribution in [0.4, 0.5) is 5.69 Å². The van der Waals surface area contributed by atoms with Crippen LogP contribution in [0.1, 0.15) is 24.3 Å². The van der Waals surface area contributed by atoms with Gasteiger partial charge in [0.05, 0.1) is 12.1 Å². The molecule has 0 aliphatic heterocycles. The highest BCUT2D eigenvalue weighted by atomic mass is 16.3. The maximum atomic E-state index is 12.3. The number of aliphatic hydroxyl groups excluding tert-OH is 1. The van der Waals surface area contributed by atoms with Crippen LogP contribution in [-0.4, -0.2) is 49.2 Å². The summed E-state index contributed by atoms with van der Waals surface area (Å²) in [7, 11) is 3.93. The van der Waals surface area contributed by atoms with Crippen molar-refractivity contribution in [2.75, 3.05) is 32.9 Å². The van der Waals surface area contributed by atoms with Crippen LogP contribution in [-0.2, 0) is 4.79 Å². The number of aliphatic imine (C=N–C) groups is 1. The molecule has 0 amide bonds. The molecule has 1 aliphatic rings. The first-order chi connectivity index (χ1) is 10.5. The van der Waals surface area contributed by atoms with E-state index >= 15 is 0 Å². The molecule has 2 rings (SSSR count). The van der Waals surface area contributed by atoms with E-state index < -0.39 is 0 Å². The van der Waals surface area contributed by atoms with Crippen molar-refractivity contribution in [3.8, 4) is 0 Å². The molecule has 1 aromatic carbocycles. The van der Waals surface area contributed by atoms with Crippen molar-refractivity contribution in [2.24, 2.45) is 4.99 Å². The number of carbonyl (C=O) groups excluding carboxylic acids is 1. The molecule has 0 fully saturated rings. The maximum Gasteiger partial charge on any atom is 0.168 e. The van der Waals surface area contributed by atoms with Crippen LogP contribution in [0.25, 0.3) is 0 Å². The number of hydrogen-bond acceptors (Lipinski definition) is 5. The molecule has 1 unspecified atom stereocenters. The Morgan fingerprint density at radius 2 is 2.09 bits per heavy atom. The number of likely N-dealkylation sites (N-methyl/N-ethyl adjacent to an activating group) is 1. The number of ketones is 1. The van der Waals surface area contributed by atoms with Crippen molar-refractivity contribution in [3.05, 3.63) is 41.2 Å². The first-order valence-corrected chi connectivity index (χ1v) is 7.43. The monoisotopic (exact) mass is 301 g/mol. The molecular formula is C17H23N3O2. The Kier molecular flexibility index (Phi) is 5.33. The number of Topliss-reactive ketones (excluding diaryl/α,β-unsaturated/α-hetero) is 1. The molecule has 1 atom stereocenters. The van der Waals surface area contributed by atoms with Gasteiger partial charge in [0.1, 0.15) is 5.76 Å². The minimum absolute atomic E-state index is 0.0624. The summed E-state index contributed by atoms with van der Waals surface area (Å²) in [6.45, 7) is 1.41. The van der Waals surface area contributed by atoms with Gasteiger partial charge in [-0.2, -0.15) is 0 Å². The van der Waals surface area contributed by atoms with Crippen LogP contribution >= 0.6 is 0 Å². The Bertz CT molecular complexity index is 606. The summed E-state index contributed by atoms with van der Waals surface area (Å²) in [5.74, 6) is -0.0312. The average Bonchev–Trinajstić information content (AvgIpc) is 2.45. The largest absolute Gasteiger partial charge is 0.511 e. The van der Waals surface area contributed by atoms with Crippen molar-refractivity contribution in [2.45, 2.75) is 18.8 Å². The molecule has 5 nitrogen and oxygen atoms in total. The Labute approximate surface area is 131 Å². The number of rotatable bonds is 5. The topological polar surface area (TPSA) is 78.9 Å². The van der Waals surface area contributed by atoms with Crippen molar-refractivity contribution < 1.29 is 9.90 Å². The number of nitrogens with two attached hydrogens (primary N) is 1. The van der Waals surface area contributed by atoms with Crippen molar-refractivity contribution in [3.63, 3.8) is 0 Å². The van der Waals surface area contributed by atoms with E-state index in [0.717, 1.165) is 12.1 Å². The molecule has 0 spiro atoms. The van der Waals surface area contributed by atoms with Gasteiger partial charge in [0.15, 0.2) is 5.78 Å². The van der Waals surface area contributed by atoms with E-state index in [-0.39, 0.29) is 17.5 Å². The Hall–Kier alpha value is -2.14. The Morgan fingerprint density at radius 1 is 1.36 bits per heavy atom. The predicted octanol–water partition coefficient (Wildman–Crippen LogP) is 2.16. The summed E-state index contributed by atoms with van der Waals surface area (Å²) >= 11 is 0. The Balaban J connectivity index is 2.11. The van der Waals surface area contributed by atoms with Crippen LogP contribution in [0.3, 0.4) is 0 Å². The number of allylic oxidation sites excluding steroid dienone is 2. The highest BCUT2D eigenvalue weighted by molar-refractivity contribution is 6.14. The third-order valence-corrected chi connectivity index (χ3v) is 3.82. The number of aliphatic hydroxyl groups is 1. The van der Waals surface area contributed by atoms with Gasteiger partial charge in [-0.1, -0.05) is 18.2 Å². The number of nitrogen functional groups attached to an aromatic ring is 1. The van der Waals surface area contributed by atoms with Crippen LogP contribution in [0.5, 0.6) is 0 Å². The molecule has 5 heteroatoms. The van der Waals surface area contributed by atoms with E-state index in [0.29, 0.717) is 30.6 Å². The molecule has 0 saturated carbocycles. The lowest BCUT2D eigenvalue weighted by molar-refractivity contribution is -0.116. The van der Waals surface area contributed by atoms with Gasteiger partial charge in [0.2, 0.25) is 0 Å². The lowest BCUT2D eigenvalue weighted by Gasteiger charge is -2.23. The zero-order chi connectivity index (χ0) is 16.1. The number of anilines is 1. The molecule has 1 aromatic rings. The fourth-order valence-corrected chi connectivity index (χ4v) is 2.57. The summed E-state index contributed by atoms with van der Waals surface area (Å²) in [4.78, 5) is 18.5. The molecule has 0 aromatic heterocycles. The molecular weight excluding hydrogens is 278 g/mol. The summed E-state index contributed by atoms with van der Waals surface area (Å²) in [6, 6.07) is 7.49. The second-order valence-electron chi connectivity index (χ2n) is 5.86. The SMILES string of the molecule is CN(C)CCN=CC1=C(O)CC(c2ccccc2N)CC1=O. The quantitative estimate of drug-likeness (QED) is 0.645. The van der Waals surface area contributed by atoms with Crippen LogP contribution in [0.15, 0.2) is 40.6 Å². The summed E-state index contributed by atoms with van der Waals surface area (Å²) in [5, 5.41) is 10.2. The van der Waals surface area contributed by atoms with Crippen molar-refractivity contribution >= 4 is 17.7 Å². The maximum absolute atomic E-state index is 12.3. The summed E-state index contributed by atoms with van der Waals surface area (Å²) < 4.78 is 0. The predicted molar refractivity (Wildman–Crippen MR) is 89.4 cm³/mol. The molecule has 0 bridgehead atoms. The van der Waals surface area contributed by atoms with Gasteiger partial charge < -0.3 is 15.7 Å². The third-order valence-electron chi connectivity index (χ3n) is 3.82. The van der Waals surface area contributed by atoms with Gasteiger partial charge in [0.25, 0.3) is 0 Å². The number of hydrogen-bond donors (Lipinski definition) is 2. The standard InChI is InChI=1S/C17H23N3O2/c1-20(2)8-7-19-11-14-16(21)9-12(10-17(14)22)13-5-3-4-6-15(13)18/h3-6,11-12,21H,7-10,18H2,1-2H3. The van der Waals surface area contributed by atoms with Gasteiger partial charge in [-0.15, -0.1) is 0 Å². The van der Waals surface area contributed by atoms with Crippen LogP contribution in [0.2, 0.25) is 0 Å². The average molecular weight is 301 g/mol. The number of para-hydroxylation sites is 1. The second-order valence-corrected chi connectivity index (χ2v) is 5.86. The zero-order valence-corrected chi connectivity index (χ0v) is 13.1. The number of benzene rings is 1. The molecule has 1 aliphatic carbocycles. The molecule has 0 radical (unpaired) electrons. The molecule has 118 valence electrons. The lowest BCUT2D eigenvalue weighted by Crippen LogP contribution is -2.20. The molecule has 0 heterocycles. The lowest BCUT2D eigenvalue weighted by atomic mass is 9.82. The van der Waals surface area contributed by atoms with Crippen LogP contribution in [0, 0.1) is 0 Å². The van der Waals surface area contributed by atoms with Crippen molar-refractivity contribution in [1.29, 1.82) is 0 Å². The van der Waals surface area contributed by atoms with Crippen LogP contribution < -0.4 is 5.73 Å². The minimum Gasteiger partial charge on any atom is -0.511 e. The molecule has 3 N–H and O–H groups in total. The molecule has 22 heavy (non-hydrogen) atoms. The second kappa shape index (κ2) is 7.22. The summed E-state index contributed by atoms with van der Waals surface area (Å²) in [5.41, 5.74) is 7.89. The minimum atomic E-state index is -0.0781. The van der Waals surface area contributed by atoms with E-state index in [1.54, 1.807) is 0 Å². The smallest absolute Gasteiger partial charge is 0.168 e. The van der Waals surface area contributed by atoms with Gasteiger partial charge in [-0.25, -0.2) is 0 Å². The highest BCUT2D eigenvalue weighted by Crippen LogP contribution is 2.35. The Morgan fingerprint density at radius 3 is 2.73 bits per heavy atom. The van der Waals surface area contributed by atoms with E-state index in [2.05, 4.69) is 4.99 Å². The van der Waals surface area contributed by atoms with Crippen molar-refractivity contribution in [1.82, 2.24) is 4.90 Å². The first-order valence-electron chi connectivity index (χ1n) is 7.43. The van der Waals surface area contributed by atoms with Gasteiger partial charge in [-0.05, 0) is 25.7 Å². The highest BCUT2D eigenvalue weighted by Gasteiger charge is 2.28. The van der Waals surface area contributed by atoms with Gasteiger partial charge in [0, 0.05) is 37.2 Å². The van der Waals surface area contributed by atoms with Gasteiger partial charge >= 0.3 is 0 Å². The van der Waals surface area contributed by atoms with E-state index in [1.165, 1.54) is 6.21 Å². The van der Waals surface area contributed by atoms with E-state index in [4.69, 9.17) is 5.73 Å². The number of nitrogens with zero attached hydrogens (tertiary/aromatic N) is 2.